The number of ether oxygens (including phenoxy) is 1. The van der Waals surface area contributed by atoms with E-state index in [4.69, 9.17) is 10.5 Å². The van der Waals surface area contributed by atoms with Gasteiger partial charge in [-0.2, -0.15) is 13.2 Å². The molecule has 1 amide bonds. The summed E-state index contributed by atoms with van der Waals surface area (Å²) in [5.41, 5.74) is 3.16. The Labute approximate surface area is 134 Å². The molecule has 0 atom stereocenters. The Hall–Kier alpha value is -1.92. The second kappa shape index (κ2) is 6.29. The van der Waals surface area contributed by atoms with E-state index < -0.39 is 29.0 Å². The molecule has 0 heterocycles. The first-order chi connectivity index (χ1) is 10.2. The SMILES string of the molecule is CC(C)(Cc1ccc(N)cc1C(F)(F)F)NC(=O)OC(C)(C)C. The van der Waals surface area contributed by atoms with Gasteiger partial charge in [0.15, 0.2) is 0 Å². The van der Waals surface area contributed by atoms with Crippen LogP contribution in [-0.2, 0) is 17.3 Å². The van der Waals surface area contributed by atoms with Gasteiger partial charge in [0.05, 0.1) is 5.56 Å². The summed E-state index contributed by atoms with van der Waals surface area (Å²) in [6, 6.07) is 3.64. The van der Waals surface area contributed by atoms with Crippen molar-refractivity contribution >= 4 is 11.8 Å². The van der Waals surface area contributed by atoms with Crippen molar-refractivity contribution < 1.29 is 22.7 Å². The average molecular weight is 332 g/mol. The van der Waals surface area contributed by atoms with Crippen LogP contribution in [0.2, 0.25) is 0 Å². The van der Waals surface area contributed by atoms with Crippen LogP contribution in [0.5, 0.6) is 0 Å². The van der Waals surface area contributed by atoms with Gasteiger partial charge in [0, 0.05) is 11.2 Å². The Morgan fingerprint density at radius 3 is 2.22 bits per heavy atom. The summed E-state index contributed by atoms with van der Waals surface area (Å²) in [4.78, 5) is 11.8. The molecule has 0 aliphatic carbocycles. The molecule has 7 heteroatoms. The minimum Gasteiger partial charge on any atom is -0.444 e. The van der Waals surface area contributed by atoms with Crippen molar-refractivity contribution in [2.45, 2.75) is 58.4 Å². The van der Waals surface area contributed by atoms with Crippen LogP contribution in [0.25, 0.3) is 0 Å². The Balaban J connectivity index is 2.96. The zero-order valence-electron chi connectivity index (χ0n) is 14.0. The Morgan fingerprint density at radius 1 is 1.17 bits per heavy atom. The van der Waals surface area contributed by atoms with Crippen molar-refractivity contribution in [3.63, 3.8) is 0 Å². The maximum Gasteiger partial charge on any atom is 0.416 e. The van der Waals surface area contributed by atoms with Crippen LogP contribution in [-0.4, -0.2) is 17.2 Å². The summed E-state index contributed by atoms with van der Waals surface area (Å²) in [5, 5.41) is 2.59. The van der Waals surface area contributed by atoms with Gasteiger partial charge in [-0.1, -0.05) is 6.07 Å². The fourth-order valence-corrected chi connectivity index (χ4v) is 2.11. The normalized spacial score (nSPS) is 12.9. The molecule has 0 fully saturated rings. The van der Waals surface area contributed by atoms with E-state index in [1.165, 1.54) is 12.1 Å². The van der Waals surface area contributed by atoms with Crippen LogP contribution in [0.3, 0.4) is 0 Å². The highest BCUT2D eigenvalue weighted by atomic mass is 19.4. The molecular weight excluding hydrogens is 309 g/mol. The number of anilines is 1. The second-order valence-electron chi connectivity index (χ2n) is 7.10. The topological polar surface area (TPSA) is 64.3 Å². The van der Waals surface area contributed by atoms with Gasteiger partial charge >= 0.3 is 12.3 Å². The molecular formula is C16H23F3N2O2. The van der Waals surface area contributed by atoms with Gasteiger partial charge in [-0.15, -0.1) is 0 Å². The van der Waals surface area contributed by atoms with Crippen LogP contribution in [0.15, 0.2) is 18.2 Å². The lowest BCUT2D eigenvalue weighted by Crippen LogP contribution is -2.47. The first kappa shape index (κ1) is 19.1. The minimum absolute atomic E-state index is 0.0125. The third-order valence-corrected chi connectivity index (χ3v) is 2.91. The molecule has 0 saturated carbocycles. The summed E-state index contributed by atoms with van der Waals surface area (Å²) < 4.78 is 44.5. The predicted octanol–water partition coefficient (Wildman–Crippen LogP) is 4.13. The molecule has 0 unspecified atom stereocenters. The Kier molecular flexibility index (Phi) is 5.23. The van der Waals surface area contributed by atoms with E-state index in [9.17, 15) is 18.0 Å². The lowest BCUT2D eigenvalue weighted by atomic mass is 9.91. The fraction of sp³-hybridized carbons (Fsp3) is 0.562. The molecule has 0 aliphatic heterocycles. The largest absolute Gasteiger partial charge is 0.444 e. The zero-order valence-corrected chi connectivity index (χ0v) is 14.0. The monoisotopic (exact) mass is 332 g/mol. The van der Waals surface area contributed by atoms with E-state index in [-0.39, 0.29) is 17.7 Å². The first-order valence-corrected chi connectivity index (χ1v) is 7.16. The van der Waals surface area contributed by atoms with Crippen molar-refractivity contribution in [2.24, 2.45) is 0 Å². The van der Waals surface area contributed by atoms with Crippen LogP contribution >= 0.6 is 0 Å². The minimum atomic E-state index is -4.51. The number of alkyl carbamates (subject to hydrolysis) is 1. The van der Waals surface area contributed by atoms with Crippen molar-refractivity contribution in [1.82, 2.24) is 5.32 Å². The molecule has 3 N–H and O–H groups in total. The van der Waals surface area contributed by atoms with Gasteiger partial charge < -0.3 is 15.8 Å². The predicted molar refractivity (Wildman–Crippen MR) is 83.0 cm³/mol. The van der Waals surface area contributed by atoms with Crippen molar-refractivity contribution in [3.05, 3.63) is 29.3 Å². The summed E-state index contributed by atoms with van der Waals surface area (Å²) in [7, 11) is 0. The number of carbonyl (C=O) groups is 1. The van der Waals surface area contributed by atoms with E-state index >= 15 is 0 Å². The fourth-order valence-electron chi connectivity index (χ4n) is 2.11. The summed E-state index contributed by atoms with van der Waals surface area (Å²) >= 11 is 0. The van der Waals surface area contributed by atoms with Gasteiger partial charge in [-0.3, -0.25) is 0 Å². The third kappa shape index (κ3) is 6.38. The summed E-state index contributed by atoms with van der Waals surface area (Å²) in [6.07, 6.45) is -5.19. The third-order valence-electron chi connectivity index (χ3n) is 2.91. The molecule has 1 aromatic rings. The number of nitrogens with one attached hydrogen (secondary N) is 1. The molecule has 0 spiro atoms. The summed E-state index contributed by atoms with van der Waals surface area (Å²) in [5.74, 6) is 0. The molecule has 0 saturated heterocycles. The lowest BCUT2D eigenvalue weighted by Gasteiger charge is -2.29. The molecule has 1 rings (SSSR count). The Morgan fingerprint density at radius 2 is 1.74 bits per heavy atom. The van der Waals surface area contributed by atoms with E-state index in [0.717, 1.165) is 6.07 Å². The average Bonchev–Trinajstić information content (AvgIpc) is 2.26. The molecule has 4 nitrogen and oxygen atoms in total. The van der Waals surface area contributed by atoms with Gasteiger partial charge in [0.25, 0.3) is 0 Å². The Bertz CT molecular complexity index is 576. The van der Waals surface area contributed by atoms with Crippen LogP contribution in [0.4, 0.5) is 23.7 Å². The van der Waals surface area contributed by atoms with Gasteiger partial charge in [0.2, 0.25) is 0 Å². The summed E-state index contributed by atoms with van der Waals surface area (Å²) in [6.45, 7) is 8.39. The van der Waals surface area contributed by atoms with Crippen LogP contribution in [0.1, 0.15) is 45.7 Å². The maximum absolute atomic E-state index is 13.1. The quantitative estimate of drug-likeness (QED) is 0.818. The molecule has 0 aliphatic rings. The highest BCUT2D eigenvalue weighted by Crippen LogP contribution is 2.34. The zero-order chi connectivity index (χ0) is 18.1. The van der Waals surface area contributed by atoms with Gasteiger partial charge in [-0.25, -0.2) is 4.79 Å². The molecule has 0 aromatic heterocycles. The van der Waals surface area contributed by atoms with Crippen LogP contribution in [0, 0.1) is 0 Å². The van der Waals surface area contributed by atoms with Crippen LogP contribution < -0.4 is 11.1 Å². The molecule has 0 radical (unpaired) electrons. The number of halogens is 3. The highest BCUT2D eigenvalue weighted by Gasteiger charge is 2.35. The molecule has 0 bridgehead atoms. The van der Waals surface area contributed by atoms with Gasteiger partial charge in [-0.05, 0) is 58.7 Å². The number of hydrogen-bond acceptors (Lipinski definition) is 3. The van der Waals surface area contributed by atoms with Gasteiger partial charge in [0.1, 0.15) is 5.60 Å². The van der Waals surface area contributed by atoms with E-state index in [1.807, 2.05) is 0 Å². The van der Waals surface area contributed by atoms with Crippen molar-refractivity contribution in [2.75, 3.05) is 5.73 Å². The number of carbonyl (C=O) groups excluding carboxylic acids is 1. The van der Waals surface area contributed by atoms with E-state index in [1.54, 1.807) is 34.6 Å². The first-order valence-electron chi connectivity index (χ1n) is 7.16. The van der Waals surface area contributed by atoms with E-state index in [0.29, 0.717) is 0 Å². The van der Waals surface area contributed by atoms with Crippen molar-refractivity contribution in [1.29, 1.82) is 0 Å². The number of alkyl halides is 3. The molecule has 23 heavy (non-hydrogen) atoms. The number of hydrogen-bond donors (Lipinski definition) is 2. The van der Waals surface area contributed by atoms with Crippen molar-refractivity contribution in [3.8, 4) is 0 Å². The smallest absolute Gasteiger partial charge is 0.416 e. The van der Waals surface area contributed by atoms with E-state index in [2.05, 4.69) is 5.32 Å². The second-order valence-corrected chi connectivity index (χ2v) is 7.10. The molecule has 1 aromatic carbocycles. The number of rotatable bonds is 3. The highest BCUT2D eigenvalue weighted by molar-refractivity contribution is 5.68. The number of benzene rings is 1. The molecule has 130 valence electrons. The maximum atomic E-state index is 13.1. The lowest BCUT2D eigenvalue weighted by molar-refractivity contribution is -0.138. The number of nitrogen functional groups attached to an aromatic ring is 1. The standard InChI is InChI=1S/C16H23F3N2O2/c1-14(2,3)23-13(22)21-15(4,5)9-10-6-7-11(20)8-12(10)16(17,18)19/h6-8H,9,20H2,1-5H3,(H,21,22). The number of nitrogens with two attached hydrogens (primary N) is 1. The number of amides is 1.